The molecule has 1 heterocycles. The lowest BCUT2D eigenvalue weighted by molar-refractivity contribution is -0.346. The molecule has 102 heavy (non-hydrogen) atoms. The number of ketones is 1. The van der Waals surface area contributed by atoms with Gasteiger partial charge in [-0.1, -0.05) is 111 Å². The van der Waals surface area contributed by atoms with E-state index in [4.69, 9.17) is 39.9 Å². The molecule has 28 heteroatoms. The van der Waals surface area contributed by atoms with E-state index in [0.717, 1.165) is 19.4 Å². The van der Waals surface area contributed by atoms with Crippen LogP contribution in [0.5, 0.6) is 0 Å². The Morgan fingerprint density at radius 3 is 1.88 bits per heavy atom. The Morgan fingerprint density at radius 1 is 0.696 bits per heavy atom. The molecule has 1 aliphatic heterocycles. The average Bonchev–Trinajstić information content (AvgIpc) is 0.669. The first kappa shape index (κ1) is 77.3. The maximum atomic E-state index is 15.9. The molecule has 2 unspecified atom stereocenters. The normalized spacial score (nSPS) is 24.6. The van der Waals surface area contributed by atoms with Gasteiger partial charge >= 0.3 is 29.8 Å². The average molecular weight is 1410 g/mol. The van der Waals surface area contributed by atoms with Crippen molar-refractivity contribution in [2.75, 3.05) is 13.2 Å². The smallest absolute Gasteiger partial charge is 0.350 e. The van der Waals surface area contributed by atoms with Gasteiger partial charge in [0.2, 0.25) is 41.5 Å². The summed E-state index contributed by atoms with van der Waals surface area (Å²) in [6.45, 7) is 8.93. The van der Waals surface area contributed by atoms with Gasteiger partial charge in [-0.15, -0.1) is 0 Å². The minimum atomic E-state index is -2.57. The number of nitrogens with two attached hydrogens (primary N) is 2. The number of fused-ring (bicyclic) bond motifs is 5. The van der Waals surface area contributed by atoms with Crippen molar-refractivity contribution in [3.63, 3.8) is 0 Å². The van der Waals surface area contributed by atoms with Gasteiger partial charge in [-0.3, -0.25) is 52.7 Å². The zero-order chi connectivity index (χ0) is 74.4. The van der Waals surface area contributed by atoms with Gasteiger partial charge in [-0.2, -0.15) is 0 Å². The summed E-state index contributed by atoms with van der Waals surface area (Å²) in [5.74, 6) is -13.3. The molecule has 3 fully saturated rings. The number of hydrogen-bond acceptors (Lipinski definition) is 21. The van der Waals surface area contributed by atoms with Gasteiger partial charge in [0.15, 0.2) is 17.5 Å². The minimum Gasteiger partial charge on any atom is -0.455 e. The van der Waals surface area contributed by atoms with Crippen LogP contribution in [-0.2, 0) is 81.2 Å². The van der Waals surface area contributed by atoms with E-state index in [9.17, 15) is 63.0 Å². The van der Waals surface area contributed by atoms with Crippen LogP contribution in [0.2, 0.25) is 0 Å². The third-order valence-corrected chi connectivity index (χ3v) is 19.5. The van der Waals surface area contributed by atoms with Crippen LogP contribution in [0.4, 0.5) is 0 Å². The molecule has 4 aromatic rings. The Kier molecular flexibility index (Phi) is 25.3. The highest BCUT2D eigenvalue weighted by atomic mass is 16.6. The van der Waals surface area contributed by atoms with Crippen molar-refractivity contribution in [1.82, 2.24) is 26.6 Å². The molecule has 2 bridgehead atoms. The van der Waals surface area contributed by atoms with Crippen LogP contribution in [0.15, 0.2) is 139 Å². The van der Waals surface area contributed by atoms with Crippen molar-refractivity contribution in [3.05, 3.63) is 161 Å². The van der Waals surface area contributed by atoms with E-state index in [1.54, 1.807) is 84.9 Å². The van der Waals surface area contributed by atoms with E-state index >= 15 is 9.59 Å². The zero-order valence-corrected chi connectivity index (χ0v) is 57.6. The number of carbonyl (C=O) groups excluding carboxylic acids is 13. The number of Topliss-reactive ketones (excluding diaryl/α,β-unsaturated/α-hetero) is 1. The Morgan fingerprint density at radius 2 is 1.29 bits per heavy atom. The number of ether oxygens (including phenoxy) is 6. The first-order chi connectivity index (χ1) is 48.3. The zero-order valence-electron chi connectivity index (χ0n) is 57.6. The first-order valence-electron chi connectivity index (χ1n) is 33.5. The van der Waals surface area contributed by atoms with E-state index in [1.807, 2.05) is 6.07 Å². The molecule has 0 spiro atoms. The molecule has 2 saturated carbocycles. The van der Waals surface area contributed by atoms with Crippen LogP contribution >= 0.6 is 0 Å². The third kappa shape index (κ3) is 17.6. The molecule has 1 saturated heterocycles. The third-order valence-electron chi connectivity index (χ3n) is 19.5. The predicted molar refractivity (Wildman–Crippen MR) is 362 cm³/mol. The van der Waals surface area contributed by atoms with Gasteiger partial charge < -0.3 is 76.7 Å². The molecular weight excluding hydrogens is 1320 g/mol. The fraction of sp³-hybridized carbons (Fsp3) is 0.446. The molecule has 8 rings (SSSR count). The van der Waals surface area contributed by atoms with Crippen LogP contribution in [0.1, 0.15) is 144 Å². The summed E-state index contributed by atoms with van der Waals surface area (Å²) in [6.07, 6.45) is -10.1. The number of hydrogen-bond donors (Lipinski definition) is 9. The van der Waals surface area contributed by atoms with Gasteiger partial charge in [-0.05, 0) is 99.1 Å². The Bertz CT molecular complexity index is 3870. The van der Waals surface area contributed by atoms with E-state index in [0.29, 0.717) is 0 Å². The SMILES string of the molecule is CC(=O)O[C@H]1C(=O)[C@@]2(C)[C@H]([C@H](OC(=O)c3ccccc3)[C@]3(O)C[C@H](OC(=O)[C@H](OC(=O)CCC(=O)NCCCCC(NC(=O)CC[C@H](NC(=O)C(C)NC(=O)/C=C/c4ccccc4)C(N)=O)C(N)=O)[C@@H](NC(=O)c4ccccc4)c4ccccc4)C(C)=C1C3(C)C)[C@]1(OC(C)=O)CO[C@@H]1C[C@@H]2O. The molecule has 4 aromatic carbocycles. The Labute approximate surface area is 588 Å². The summed E-state index contributed by atoms with van der Waals surface area (Å²) in [4.78, 5) is 178. The number of unbranched alkanes of at least 4 members (excludes halogenated alkanes) is 1. The number of amides is 7. The van der Waals surface area contributed by atoms with Crippen LogP contribution in [-0.4, -0.2) is 166 Å². The van der Waals surface area contributed by atoms with Gasteiger partial charge in [0.05, 0.1) is 36.0 Å². The van der Waals surface area contributed by atoms with Crippen molar-refractivity contribution in [1.29, 1.82) is 0 Å². The van der Waals surface area contributed by atoms with Crippen LogP contribution in [0.25, 0.3) is 6.08 Å². The minimum absolute atomic E-state index is 0.00132. The van der Waals surface area contributed by atoms with Gasteiger partial charge in [0.1, 0.15) is 48.1 Å². The highest BCUT2D eigenvalue weighted by molar-refractivity contribution is 5.98. The second-order valence-corrected chi connectivity index (χ2v) is 26.7. The maximum absolute atomic E-state index is 15.9. The summed E-state index contributed by atoms with van der Waals surface area (Å²) < 4.78 is 37.0. The van der Waals surface area contributed by atoms with Gasteiger partial charge in [0.25, 0.3) is 5.91 Å². The standard InChI is InChI=1S/C74H87N7O21/c1-41-51(39-74(96)64(101-69(94)48-28-18-11-19-29-48)62-72(7,52(84)38-53-73(62,40-97-53)102-44(4)83)63(89)60(98-43(3)82)58(41)71(74,5)6)99-70(95)61(59(46-24-14-9-15-25-46)81-68(93)47-26-16-10-17-27-47)100-57(88)36-35-54(85)77-37-21-20-30-49(65(75)90)79-56(87)34-32-50(66(76)91)80-67(92)42(2)78-55(86)33-31-45-22-12-8-13-23-45/h8-19,22-29,31,33,42,49-53,59-62,64,84,96H,20-21,30,32,34-40H2,1-7H3,(H2,75,90)(H2,76,91)(H,77,85)(H,78,86)(H,79,87)(H,80,92)(H,81,93)/b33-31+/t42?,49?,50-,51-,52-,53+,59-,60+,61+,62-,64-,72+,73-,74+/m0/s1. The molecule has 4 aliphatic rings. The number of primary amides is 2. The second kappa shape index (κ2) is 33.4. The summed E-state index contributed by atoms with van der Waals surface area (Å²) in [5, 5.41) is 39.3. The monoisotopic (exact) mass is 1410 g/mol. The number of esters is 5. The van der Waals surface area contributed by atoms with Crippen LogP contribution in [0.3, 0.4) is 0 Å². The largest absolute Gasteiger partial charge is 0.455 e. The number of aliphatic hydroxyl groups excluding tert-OH is 1. The number of carbonyl (C=O) groups is 13. The Balaban J connectivity index is 0.989. The fourth-order valence-corrected chi connectivity index (χ4v) is 14.0. The molecule has 11 N–H and O–H groups in total. The van der Waals surface area contributed by atoms with Gasteiger partial charge in [-0.25, -0.2) is 9.59 Å². The van der Waals surface area contributed by atoms with E-state index in [-0.39, 0.29) is 72.9 Å². The number of aliphatic hydroxyl groups is 2. The van der Waals surface area contributed by atoms with E-state index in [1.165, 1.54) is 77.1 Å². The quantitative estimate of drug-likeness (QED) is 0.0119. The summed E-state index contributed by atoms with van der Waals surface area (Å²) >= 11 is 0. The topological polar surface area (TPSA) is 430 Å². The first-order valence-corrected chi connectivity index (χ1v) is 33.5. The van der Waals surface area contributed by atoms with Crippen LogP contribution < -0.4 is 38.1 Å². The second-order valence-electron chi connectivity index (χ2n) is 26.7. The molecule has 544 valence electrons. The number of rotatable bonds is 30. The summed E-state index contributed by atoms with van der Waals surface area (Å²) in [6, 6.07) is 27.1. The molecular formula is C74H87N7O21. The van der Waals surface area contributed by atoms with Crippen molar-refractivity contribution >= 4 is 83.1 Å². The predicted octanol–water partition coefficient (Wildman–Crippen LogP) is 3.29. The summed E-state index contributed by atoms with van der Waals surface area (Å²) in [7, 11) is 0. The van der Waals surface area contributed by atoms with Crippen molar-refractivity contribution in [3.8, 4) is 0 Å². The number of nitrogens with one attached hydrogen (secondary N) is 5. The van der Waals surface area contributed by atoms with E-state index < -0.39 is 192 Å². The fourth-order valence-electron chi connectivity index (χ4n) is 14.0. The van der Waals surface area contributed by atoms with E-state index in [2.05, 4.69) is 26.6 Å². The molecule has 3 aliphatic carbocycles. The Hall–Kier alpha value is -10.5. The maximum Gasteiger partial charge on any atom is 0.350 e. The lowest BCUT2D eigenvalue weighted by atomic mass is 9.44. The molecule has 14 atom stereocenters. The highest BCUT2D eigenvalue weighted by Crippen LogP contribution is 2.64. The molecule has 28 nitrogen and oxygen atoms in total. The lowest BCUT2D eigenvalue weighted by Crippen LogP contribution is -2.82. The highest BCUT2D eigenvalue weighted by Gasteiger charge is 2.78. The summed E-state index contributed by atoms with van der Waals surface area (Å²) in [5.41, 5.74) is 3.66. The molecule has 7 amide bonds. The van der Waals surface area contributed by atoms with Crippen molar-refractivity contribution in [2.45, 2.75) is 178 Å². The van der Waals surface area contributed by atoms with Crippen molar-refractivity contribution < 1.29 is 101 Å². The molecule has 0 aromatic heterocycles. The van der Waals surface area contributed by atoms with Gasteiger partial charge in [0, 0.05) is 63.1 Å². The van der Waals surface area contributed by atoms with Crippen LogP contribution in [0, 0.1) is 16.7 Å². The van der Waals surface area contributed by atoms with Crippen molar-refractivity contribution in [2.24, 2.45) is 28.2 Å². The number of benzene rings is 4. The lowest BCUT2D eigenvalue weighted by Gasteiger charge is -2.67. The molecule has 0 radical (unpaired) electrons.